The Morgan fingerprint density at radius 2 is 2.60 bits per heavy atom. The van der Waals surface area contributed by atoms with Gasteiger partial charge in [-0.2, -0.15) is 0 Å². The third-order valence-electron chi connectivity index (χ3n) is 2.71. The number of nitrogens with one attached hydrogen (secondary N) is 1. The number of aromatic nitrogens is 1. The van der Waals surface area contributed by atoms with Crippen molar-refractivity contribution in [1.29, 1.82) is 0 Å². The molecule has 0 spiro atoms. The normalized spacial score (nSPS) is 21.0. The predicted molar refractivity (Wildman–Crippen MR) is 62.4 cm³/mol. The number of hydrogen-bond donors (Lipinski definition) is 1. The van der Waals surface area contributed by atoms with Crippen LogP contribution in [0.15, 0.2) is 6.20 Å². The smallest absolute Gasteiger partial charge is 0.0931 e. The summed E-state index contributed by atoms with van der Waals surface area (Å²) in [5.74, 6) is 0.702. The minimum absolute atomic E-state index is 0.702. The molecule has 1 unspecified atom stereocenters. The van der Waals surface area contributed by atoms with Crippen LogP contribution in [0.2, 0.25) is 0 Å². The van der Waals surface area contributed by atoms with Crippen LogP contribution < -0.4 is 5.32 Å². The summed E-state index contributed by atoms with van der Waals surface area (Å²) in [4.78, 5) is 5.86. The molecule has 2 rings (SSSR count). The van der Waals surface area contributed by atoms with Crippen molar-refractivity contribution in [2.75, 3.05) is 26.8 Å². The second-order valence-electron chi connectivity index (χ2n) is 4.01. The first-order chi connectivity index (χ1) is 7.38. The van der Waals surface area contributed by atoms with Crippen LogP contribution in [0.5, 0.6) is 0 Å². The van der Waals surface area contributed by atoms with Crippen molar-refractivity contribution in [3.8, 4) is 0 Å². The van der Waals surface area contributed by atoms with Gasteiger partial charge in [0.25, 0.3) is 0 Å². The Morgan fingerprint density at radius 1 is 1.67 bits per heavy atom. The van der Waals surface area contributed by atoms with Gasteiger partial charge in [0.05, 0.1) is 5.01 Å². The molecule has 0 amide bonds. The fourth-order valence-electron chi connectivity index (χ4n) is 1.80. The van der Waals surface area contributed by atoms with Crippen molar-refractivity contribution < 1.29 is 4.74 Å². The molecule has 4 heteroatoms. The Morgan fingerprint density at radius 3 is 3.33 bits per heavy atom. The number of likely N-dealkylation sites (N-methyl/N-ethyl adjacent to an activating group) is 1. The van der Waals surface area contributed by atoms with Crippen molar-refractivity contribution >= 4 is 11.3 Å². The third-order valence-corrected chi connectivity index (χ3v) is 3.79. The van der Waals surface area contributed by atoms with Gasteiger partial charge in [0.2, 0.25) is 0 Å². The second-order valence-corrected chi connectivity index (χ2v) is 5.21. The molecule has 0 bridgehead atoms. The second kappa shape index (κ2) is 5.58. The van der Waals surface area contributed by atoms with Gasteiger partial charge >= 0.3 is 0 Å². The molecule has 1 aromatic rings. The Labute approximate surface area is 94.9 Å². The van der Waals surface area contributed by atoms with Crippen LogP contribution in [0, 0.1) is 5.92 Å². The first-order valence-electron chi connectivity index (χ1n) is 5.54. The van der Waals surface area contributed by atoms with Crippen molar-refractivity contribution in [1.82, 2.24) is 10.3 Å². The minimum atomic E-state index is 0.702. The van der Waals surface area contributed by atoms with Crippen molar-refractivity contribution in [2.24, 2.45) is 5.92 Å². The Kier molecular flexibility index (Phi) is 4.11. The van der Waals surface area contributed by atoms with Gasteiger partial charge in [-0.15, -0.1) is 11.3 Å². The number of ether oxygens (including phenoxy) is 1. The molecule has 1 aliphatic rings. The average Bonchev–Trinajstić information content (AvgIpc) is 2.87. The summed E-state index contributed by atoms with van der Waals surface area (Å²) in [6, 6.07) is 0. The summed E-state index contributed by atoms with van der Waals surface area (Å²) in [6.45, 7) is 2.89. The molecule has 0 radical (unpaired) electrons. The van der Waals surface area contributed by atoms with E-state index in [1.807, 2.05) is 24.6 Å². The average molecular weight is 226 g/mol. The first-order valence-corrected chi connectivity index (χ1v) is 6.36. The molecule has 3 nitrogen and oxygen atoms in total. The lowest BCUT2D eigenvalue weighted by Gasteiger charge is -2.02. The summed E-state index contributed by atoms with van der Waals surface area (Å²) in [7, 11) is 1.98. The molecular weight excluding hydrogens is 208 g/mol. The molecule has 2 heterocycles. The SMILES string of the molecule is CNCCc1cnc(CC2CCOC2)s1. The maximum absolute atomic E-state index is 5.37. The molecule has 1 atom stereocenters. The lowest BCUT2D eigenvalue weighted by molar-refractivity contribution is 0.186. The Hall–Kier alpha value is -0.450. The van der Waals surface area contributed by atoms with Gasteiger partial charge in [0, 0.05) is 30.7 Å². The third kappa shape index (κ3) is 3.26. The van der Waals surface area contributed by atoms with E-state index >= 15 is 0 Å². The number of thiazole rings is 1. The number of hydrogen-bond acceptors (Lipinski definition) is 4. The van der Waals surface area contributed by atoms with Gasteiger partial charge < -0.3 is 10.1 Å². The summed E-state index contributed by atoms with van der Waals surface area (Å²) < 4.78 is 5.37. The summed E-state index contributed by atoms with van der Waals surface area (Å²) >= 11 is 1.85. The Balaban J connectivity index is 1.83. The molecule has 1 saturated heterocycles. The van der Waals surface area contributed by atoms with Crippen LogP contribution >= 0.6 is 11.3 Å². The van der Waals surface area contributed by atoms with Gasteiger partial charge in [-0.05, 0) is 32.4 Å². The highest BCUT2D eigenvalue weighted by Gasteiger charge is 2.17. The zero-order valence-electron chi connectivity index (χ0n) is 9.16. The highest BCUT2D eigenvalue weighted by atomic mass is 32.1. The lowest BCUT2D eigenvalue weighted by atomic mass is 10.1. The molecule has 0 aliphatic carbocycles. The topological polar surface area (TPSA) is 34.2 Å². The van der Waals surface area contributed by atoms with Gasteiger partial charge in [0.1, 0.15) is 0 Å². The van der Waals surface area contributed by atoms with E-state index in [0.717, 1.165) is 32.6 Å². The number of nitrogens with zero attached hydrogens (tertiary/aromatic N) is 1. The molecule has 1 aliphatic heterocycles. The fraction of sp³-hybridized carbons (Fsp3) is 0.727. The van der Waals surface area contributed by atoms with E-state index < -0.39 is 0 Å². The standard InChI is InChI=1S/C11H18N2OS/c1-12-4-2-10-7-13-11(15-10)6-9-3-5-14-8-9/h7,9,12H,2-6,8H2,1H3. The maximum atomic E-state index is 5.37. The van der Waals surface area contributed by atoms with Crippen LogP contribution in [0.4, 0.5) is 0 Å². The van der Waals surface area contributed by atoms with E-state index in [1.165, 1.54) is 16.3 Å². The Bertz CT molecular complexity index is 295. The van der Waals surface area contributed by atoms with Gasteiger partial charge in [-0.1, -0.05) is 0 Å². The van der Waals surface area contributed by atoms with E-state index in [1.54, 1.807) is 0 Å². The highest BCUT2D eigenvalue weighted by Crippen LogP contribution is 2.21. The lowest BCUT2D eigenvalue weighted by Crippen LogP contribution is -2.09. The molecular formula is C11H18N2OS. The molecule has 1 aromatic heterocycles. The highest BCUT2D eigenvalue weighted by molar-refractivity contribution is 7.11. The van der Waals surface area contributed by atoms with E-state index in [4.69, 9.17) is 4.74 Å². The van der Waals surface area contributed by atoms with Gasteiger partial charge in [0.15, 0.2) is 0 Å². The number of rotatable bonds is 5. The van der Waals surface area contributed by atoms with E-state index in [0.29, 0.717) is 5.92 Å². The largest absolute Gasteiger partial charge is 0.381 e. The summed E-state index contributed by atoms with van der Waals surface area (Å²) in [6.07, 6.45) is 5.41. The fourth-order valence-corrected chi connectivity index (χ4v) is 2.83. The van der Waals surface area contributed by atoms with E-state index in [2.05, 4.69) is 10.3 Å². The van der Waals surface area contributed by atoms with Gasteiger partial charge in [-0.3, -0.25) is 0 Å². The molecule has 0 saturated carbocycles. The van der Waals surface area contributed by atoms with Crippen molar-refractivity contribution in [3.05, 3.63) is 16.1 Å². The molecule has 15 heavy (non-hydrogen) atoms. The maximum Gasteiger partial charge on any atom is 0.0931 e. The predicted octanol–water partition coefficient (Wildman–Crippen LogP) is 1.48. The quantitative estimate of drug-likeness (QED) is 0.826. The molecule has 1 N–H and O–H groups in total. The van der Waals surface area contributed by atoms with Crippen LogP contribution in [-0.2, 0) is 17.6 Å². The van der Waals surface area contributed by atoms with Gasteiger partial charge in [-0.25, -0.2) is 4.98 Å². The monoisotopic (exact) mass is 226 g/mol. The first kappa shape index (κ1) is 11.0. The zero-order chi connectivity index (χ0) is 10.5. The molecule has 84 valence electrons. The van der Waals surface area contributed by atoms with Crippen molar-refractivity contribution in [2.45, 2.75) is 19.3 Å². The zero-order valence-corrected chi connectivity index (χ0v) is 9.98. The van der Waals surface area contributed by atoms with Crippen LogP contribution in [0.25, 0.3) is 0 Å². The van der Waals surface area contributed by atoms with E-state index in [9.17, 15) is 0 Å². The molecule has 0 aromatic carbocycles. The van der Waals surface area contributed by atoms with Crippen LogP contribution in [0.1, 0.15) is 16.3 Å². The molecule has 1 fully saturated rings. The van der Waals surface area contributed by atoms with Crippen molar-refractivity contribution in [3.63, 3.8) is 0 Å². The minimum Gasteiger partial charge on any atom is -0.381 e. The summed E-state index contributed by atoms with van der Waals surface area (Å²) in [5.41, 5.74) is 0. The summed E-state index contributed by atoms with van der Waals surface area (Å²) in [5, 5.41) is 4.43. The van der Waals surface area contributed by atoms with Crippen LogP contribution in [-0.4, -0.2) is 31.8 Å². The van der Waals surface area contributed by atoms with E-state index in [-0.39, 0.29) is 0 Å². The van der Waals surface area contributed by atoms with Crippen LogP contribution in [0.3, 0.4) is 0 Å².